The number of nitrogens with two attached hydrogens (primary N) is 1. The molecule has 0 aliphatic carbocycles. The lowest BCUT2D eigenvalue weighted by atomic mass is 10.2. The van der Waals surface area contributed by atoms with Crippen molar-refractivity contribution in [2.45, 2.75) is 6.61 Å². The molecule has 0 aliphatic rings. The Kier molecular flexibility index (Phi) is 12.3. The van der Waals surface area contributed by atoms with E-state index in [0.29, 0.717) is 48.5 Å². The number of nitro benzene ring substituents is 1. The molecule has 5 rings (SSSR count). The molecule has 0 unspecified atom stereocenters. The van der Waals surface area contributed by atoms with E-state index in [4.69, 9.17) is 29.4 Å². The molecule has 5 aromatic rings. The van der Waals surface area contributed by atoms with Crippen molar-refractivity contribution in [3.05, 3.63) is 143 Å². The maximum atomic E-state index is 11.0. The molecule has 10 heteroatoms. The predicted octanol–water partition coefficient (Wildman–Crippen LogP) is 7.31. The largest absolute Gasteiger partial charge is 0.504 e. The Bertz CT molecular complexity index is 1590. The van der Waals surface area contributed by atoms with E-state index in [-0.39, 0.29) is 31.8 Å². The molecule has 0 atom stereocenters. The smallest absolute Gasteiger partial charge is 0.310 e. The Hall–Kier alpha value is -5.90. The van der Waals surface area contributed by atoms with Gasteiger partial charge in [-0.05, 0) is 48.0 Å². The van der Waals surface area contributed by atoms with Crippen molar-refractivity contribution in [2.75, 3.05) is 32.2 Å². The van der Waals surface area contributed by atoms with Crippen LogP contribution in [0.4, 0.5) is 11.4 Å². The number of phenolic OH excluding ortho intramolecular Hbond substituents is 1. The van der Waals surface area contributed by atoms with E-state index in [1.165, 1.54) is 6.07 Å². The lowest BCUT2D eigenvalue weighted by molar-refractivity contribution is -0.385. The van der Waals surface area contributed by atoms with E-state index >= 15 is 0 Å². The van der Waals surface area contributed by atoms with Crippen LogP contribution < -0.4 is 29.4 Å². The van der Waals surface area contributed by atoms with Crippen LogP contribution in [0.3, 0.4) is 0 Å². The summed E-state index contributed by atoms with van der Waals surface area (Å²) >= 11 is 0. The number of phenols is 1. The highest BCUT2D eigenvalue weighted by atomic mass is 16.6. The number of ether oxygens (including phenoxy) is 5. The van der Waals surface area contributed by atoms with Crippen LogP contribution in [-0.4, -0.2) is 36.5 Å². The highest BCUT2D eigenvalue weighted by molar-refractivity contribution is 5.51. The van der Waals surface area contributed by atoms with Crippen molar-refractivity contribution in [3.8, 4) is 34.5 Å². The third-order valence-corrected chi connectivity index (χ3v) is 6.13. The van der Waals surface area contributed by atoms with Crippen LogP contribution in [0.5, 0.6) is 34.5 Å². The number of para-hydroxylation sites is 8. The van der Waals surface area contributed by atoms with Gasteiger partial charge in [0.25, 0.3) is 0 Å². The normalized spacial score (nSPS) is 10.1. The van der Waals surface area contributed by atoms with Gasteiger partial charge in [-0.15, -0.1) is 0 Å². The molecule has 0 bridgehead atoms. The summed E-state index contributed by atoms with van der Waals surface area (Å²) in [5.41, 5.74) is 7.33. The number of nitrogens with zero attached hydrogens (tertiary/aromatic N) is 1. The van der Waals surface area contributed by atoms with Gasteiger partial charge in [0.05, 0.1) is 10.6 Å². The highest BCUT2D eigenvalue weighted by Crippen LogP contribution is 2.29. The maximum absolute atomic E-state index is 11.0. The summed E-state index contributed by atoms with van der Waals surface area (Å²) < 4.78 is 27.9. The van der Waals surface area contributed by atoms with Gasteiger partial charge in [0.15, 0.2) is 28.7 Å². The predicted molar refractivity (Wildman–Crippen MR) is 173 cm³/mol. The van der Waals surface area contributed by atoms with Crippen molar-refractivity contribution >= 4 is 11.4 Å². The minimum absolute atomic E-state index is 0. The zero-order chi connectivity index (χ0) is 31.7. The number of rotatable bonds is 14. The third-order valence-electron chi connectivity index (χ3n) is 6.13. The second-order valence-electron chi connectivity index (χ2n) is 9.35. The average molecular weight is 613 g/mol. The molecular formula is C35H36N2O8. The molecule has 45 heavy (non-hydrogen) atoms. The molecule has 234 valence electrons. The molecule has 3 N–H and O–H groups in total. The zero-order valence-electron chi connectivity index (χ0n) is 24.5. The van der Waals surface area contributed by atoms with Crippen LogP contribution in [0.2, 0.25) is 0 Å². The molecule has 0 aromatic heterocycles. The molecule has 0 amide bonds. The first-order valence-electron chi connectivity index (χ1n) is 14.1. The Balaban J connectivity index is 0.000000265. The van der Waals surface area contributed by atoms with Gasteiger partial charge in [0, 0.05) is 7.49 Å². The summed E-state index contributed by atoms with van der Waals surface area (Å²) in [7, 11) is 0. The number of anilines is 1. The third kappa shape index (κ3) is 10.4. The van der Waals surface area contributed by atoms with Crippen LogP contribution in [0.15, 0.2) is 127 Å². The van der Waals surface area contributed by atoms with Gasteiger partial charge in [-0.3, -0.25) is 10.1 Å². The molecule has 0 heterocycles. The van der Waals surface area contributed by atoms with Gasteiger partial charge < -0.3 is 34.5 Å². The Morgan fingerprint density at radius 3 is 1.62 bits per heavy atom. The van der Waals surface area contributed by atoms with Gasteiger partial charge in [0.1, 0.15) is 38.8 Å². The van der Waals surface area contributed by atoms with Gasteiger partial charge >= 0.3 is 5.69 Å². The van der Waals surface area contributed by atoms with Crippen molar-refractivity contribution in [1.29, 1.82) is 0 Å². The molecular weight excluding hydrogens is 576 g/mol. The zero-order valence-corrected chi connectivity index (χ0v) is 24.5. The summed E-state index contributed by atoms with van der Waals surface area (Å²) in [4.78, 5) is 10.5. The van der Waals surface area contributed by atoms with E-state index in [0.717, 1.165) is 5.56 Å². The standard InChI is InChI=1S/C21H19NO5.C14H15NO3.H2/c23-22(24)18-10-4-5-11-19(18)25-14-15-26-20-12-6-7-13-21(20)27-16-17-8-2-1-3-9-17;15-11-5-1-3-7-13(11)17-9-10-18-14-8-4-2-6-12(14)16;/h1-13H,14-16H2;1-8,16H,9-10,15H2;1H. The summed E-state index contributed by atoms with van der Waals surface area (Å²) in [6, 6.07) is 37.6. The molecule has 0 spiro atoms. The van der Waals surface area contributed by atoms with E-state index in [2.05, 4.69) is 0 Å². The average Bonchev–Trinajstić information content (AvgIpc) is 3.07. The van der Waals surface area contributed by atoms with Crippen LogP contribution in [-0.2, 0) is 6.61 Å². The maximum Gasteiger partial charge on any atom is 0.310 e. The summed E-state index contributed by atoms with van der Waals surface area (Å²) in [5, 5.41) is 20.5. The van der Waals surface area contributed by atoms with E-state index in [1.807, 2.05) is 66.7 Å². The lowest BCUT2D eigenvalue weighted by Gasteiger charge is -2.13. The van der Waals surface area contributed by atoms with Crippen molar-refractivity contribution in [1.82, 2.24) is 0 Å². The summed E-state index contributed by atoms with van der Waals surface area (Å²) in [6.45, 7) is 1.55. The summed E-state index contributed by atoms with van der Waals surface area (Å²) in [5.74, 6) is 2.66. The fourth-order valence-electron chi connectivity index (χ4n) is 3.95. The number of aromatic hydroxyl groups is 1. The monoisotopic (exact) mass is 612 g/mol. The fourth-order valence-corrected chi connectivity index (χ4v) is 3.95. The number of hydrogen-bond acceptors (Lipinski definition) is 9. The van der Waals surface area contributed by atoms with Crippen LogP contribution in [0, 0.1) is 10.1 Å². The van der Waals surface area contributed by atoms with E-state index in [1.54, 1.807) is 54.6 Å². The van der Waals surface area contributed by atoms with Crippen molar-refractivity contribution < 1.29 is 35.1 Å². The highest BCUT2D eigenvalue weighted by Gasteiger charge is 2.13. The quantitative estimate of drug-likeness (QED) is 0.0572. The molecule has 0 aliphatic heterocycles. The molecule has 10 nitrogen and oxygen atoms in total. The first-order chi connectivity index (χ1) is 22.0. The van der Waals surface area contributed by atoms with Gasteiger partial charge in [-0.2, -0.15) is 0 Å². The van der Waals surface area contributed by atoms with Gasteiger partial charge in [0.2, 0.25) is 0 Å². The lowest BCUT2D eigenvalue weighted by Crippen LogP contribution is -2.10. The molecule has 0 radical (unpaired) electrons. The van der Waals surface area contributed by atoms with Crippen LogP contribution in [0.1, 0.15) is 6.99 Å². The van der Waals surface area contributed by atoms with Gasteiger partial charge in [-0.1, -0.05) is 78.9 Å². The number of nitrogen functional groups attached to an aromatic ring is 1. The molecule has 0 saturated heterocycles. The second-order valence-corrected chi connectivity index (χ2v) is 9.35. The van der Waals surface area contributed by atoms with E-state index in [9.17, 15) is 15.2 Å². The SMILES string of the molecule is Nc1ccccc1OCCOc1ccccc1O.O=[N+]([O-])c1ccccc1OCCOc1ccccc1OCc1ccccc1.[HH]. The summed E-state index contributed by atoms with van der Waals surface area (Å²) in [6.07, 6.45) is 0. The Labute approximate surface area is 262 Å². The number of benzene rings is 5. The fraction of sp³-hybridized carbons (Fsp3) is 0.143. The minimum atomic E-state index is -0.469. The molecule has 0 fully saturated rings. The second kappa shape index (κ2) is 17.3. The Morgan fingerprint density at radius 1 is 0.556 bits per heavy atom. The number of hydrogen-bond donors (Lipinski definition) is 2. The van der Waals surface area contributed by atoms with E-state index < -0.39 is 4.92 Å². The van der Waals surface area contributed by atoms with Gasteiger partial charge in [-0.25, -0.2) is 0 Å². The Morgan fingerprint density at radius 2 is 1.00 bits per heavy atom. The first kappa shape index (κ1) is 32.0. The topological polar surface area (TPSA) is 136 Å². The van der Waals surface area contributed by atoms with Crippen LogP contribution in [0.25, 0.3) is 0 Å². The van der Waals surface area contributed by atoms with Crippen LogP contribution >= 0.6 is 0 Å². The molecule has 5 aromatic carbocycles. The molecule has 0 saturated carbocycles. The van der Waals surface area contributed by atoms with Crippen molar-refractivity contribution in [2.24, 2.45) is 0 Å². The number of nitro groups is 1. The minimum Gasteiger partial charge on any atom is -0.504 e. The first-order valence-corrected chi connectivity index (χ1v) is 14.1. The van der Waals surface area contributed by atoms with Crippen molar-refractivity contribution in [3.63, 3.8) is 0 Å².